The van der Waals surface area contributed by atoms with Crippen LogP contribution in [0.25, 0.3) is 33.4 Å². The van der Waals surface area contributed by atoms with E-state index in [1.165, 1.54) is 5.56 Å². The number of aryl methyl sites for hydroxylation is 1. The molecule has 5 rings (SSSR count). The molecule has 1 saturated heterocycles. The number of amides is 1. The van der Waals surface area contributed by atoms with Gasteiger partial charge in [0.1, 0.15) is 5.69 Å². The summed E-state index contributed by atoms with van der Waals surface area (Å²) in [6.45, 7) is 4.51. The number of nitrogens with one attached hydrogen (secondary N) is 1. The Bertz CT molecular complexity index is 1220. The molecule has 0 bridgehead atoms. The third-order valence-corrected chi connectivity index (χ3v) is 5.45. The first kappa shape index (κ1) is 18.5. The van der Waals surface area contributed by atoms with Gasteiger partial charge in [-0.1, -0.05) is 35.9 Å². The van der Waals surface area contributed by atoms with Crippen LogP contribution in [-0.2, 0) is 4.74 Å². The van der Waals surface area contributed by atoms with Crippen molar-refractivity contribution in [1.82, 2.24) is 20.1 Å². The molecule has 0 radical (unpaired) electrons. The van der Waals surface area contributed by atoms with Gasteiger partial charge in [-0.3, -0.25) is 9.89 Å². The molecular weight excluding hydrogens is 376 g/mol. The maximum Gasteiger partial charge on any atom is 0.254 e. The molecule has 6 heteroatoms. The van der Waals surface area contributed by atoms with Crippen LogP contribution in [0.4, 0.5) is 0 Å². The zero-order chi connectivity index (χ0) is 20.5. The fourth-order valence-electron chi connectivity index (χ4n) is 3.85. The van der Waals surface area contributed by atoms with Crippen molar-refractivity contribution in [2.75, 3.05) is 26.3 Å². The van der Waals surface area contributed by atoms with Crippen molar-refractivity contribution in [3.8, 4) is 22.4 Å². The van der Waals surface area contributed by atoms with Crippen LogP contribution in [0.2, 0.25) is 0 Å². The van der Waals surface area contributed by atoms with Crippen LogP contribution < -0.4 is 0 Å². The summed E-state index contributed by atoms with van der Waals surface area (Å²) < 4.78 is 5.36. The number of benzene rings is 2. The summed E-state index contributed by atoms with van der Waals surface area (Å²) in [5, 5.41) is 8.47. The number of hydrogen-bond acceptors (Lipinski definition) is 4. The van der Waals surface area contributed by atoms with E-state index in [2.05, 4.69) is 46.4 Å². The fraction of sp³-hybridized carbons (Fsp3) is 0.208. The van der Waals surface area contributed by atoms with Crippen molar-refractivity contribution in [1.29, 1.82) is 0 Å². The van der Waals surface area contributed by atoms with Crippen molar-refractivity contribution in [3.63, 3.8) is 0 Å². The number of carbonyl (C=O) groups is 1. The lowest BCUT2D eigenvalue weighted by atomic mass is 10.0. The Labute approximate surface area is 174 Å². The molecule has 4 aromatic rings. The standard InChI is InChI=1S/C24H22N4O2/c1-16-4-2-6-18(12-16)22-21-14-20(15-25-23(21)27-26-22)17-5-3-7-19(13-17)24(29)28-8-10-30-11-9-28/h2-7,12-15H,8-11H2,1H3,(H,25,26,27). The van der Waals surface area contributed by atoms with E-state index >= 15 is 0 Å². The highest BCUT2D eigenvalue weighted by atomic mass is 16.5. The second-order valence-corrected chi connectivity index (χ2v) is 7.55. The van der Waals surface area contributed by atoms with E-state index in [9.17, 15) is 4.79 Å². The minimum absolute atomic E-state index is 0.0398. The lowest BCUT2D eigenvalue weighted by molar-refractivity contribution is 0.0303. The van der Waals surface area contributed by atoms with E-state index in [4.69, 9.17) is 4.74 Å². The Morgan fingerprint density at radius 1 is 1.00 bits per heavy atom. The average molecular weight is 398 g/mol. The zero-order valence-electron chi connectivity index (χ0n) is 16.8. The van der Waals surface area contributed by atoms with E-state index in [1.54, 1.807) is 0 Å². The minimum Gasteiger partial charge on any atom is -0.378 e. The van der Waals surface area contributed by atoms with Gasteiger partial charge in [0, 0.05) is 41.4 Å². The van der Waals surface area contributed by atoms with Crippen LogP contribution in [0.15, 0.2) is 60.8 Å². The molecule has 3 heterocycles. The van der Waals surface area contributed by atoms with Crippen LogP contribution in [0.1, 0.15) is 15.9 Å². The first-order valence-corrected chi connectivity index (χ1v) is 10.1. The van der Waals surface area contributed by atoms with E-state index < -0.39 is 0 Å². The Kier molecular flexibility index (Phi) is 4.77. The number of ether oxygens (including phenoxy) is 1. The number of fused-ring (bicyclic) bond motifs is 1. The van der Waals surface area contributed by atoms with Gasteiger partial charge in [0.05, 0.1) is 13.2 Å². The van der Waals surface area contributed by atoms with Crippen molar-refractivity contribution < 1.29 is 9.53 Å². The van der Waals surface area contributed by atoms with Gasteiger partial charge in [-0.2, -0.15) is 5.10 Å². The molecule has 2 aromatic carbocycles. The average Bonchev–Trinajstić information content (AvgIpc) is 3.22. The maximum absolute atomic E-state index is 12.9. The summed E-state index contributed by atoms with van der Waals surface area (Å²) in [5.41, 5.74) is 6.45. The molecule has 1 aliphatic rings. The van der Waals surface area contributed by atoms with E-state index in [0.29, 0.717) is 31.9 Å². The number of morpholine rings is 1. The highest BCUT2D eigenvalue weighted by Gasteiger charge is 2.19. The van der Waals surface area contributed by atoms with Crippen LogP contribution >= 0.6 is 0 Å². The quantitative estimate of drug-likeness (QED) is 0.565. The fourth-order valence-corrected chi connectivity index (χ4v) is 3.85. The molecule has 6 nitrogen and oxygen atoms in total. The van der Waals surface area contributed by atoms with Gasteiger partial charge in [-0.05, 0) is 36.8 Å². The van der Waals surface area contributed by atoms with Crippen LogP contribution in [0.5, 0.6) is 0 Å². The molecule has 1 fully saturated rings. The zero-order valence-corrected chi connectivity index (χ0v) is 16.8. The van der Waals surface area contributed by atoms with Gasteiger partial charge >= 0.3 is 0 Å². The maximum atomic E-state index is 12.9. The molecule has 0 unspecified atom stereocenters. The number of rotatable bonds is 3. The molecule has 1 aliphatic heterocycles. The molecular formula is C24H22N4O2. The highest BCUT2D eigenvalue weighted by Crippen LogP contribution is 2.30. The first-order chi connectivity index (χ1) is 14.7. The smallest absolute Gasteiger partial charge is 0.254 e. The Balaban J connectivity index is 1.52. The van der Waals surface area contributed by atoms with Gasteiger partial charge in [-0.15, -0.1) is 0 Å². The summed E-state index contributed by atoms with van der Waals surface area (Å²) in [6, 6.07) is 18.1. The first-order valence-electron chi connectivity index (χ1n) is 10.1. The van der Waals surface area contributed by atoms with Crippen molar-refractivity contribution in [2.24, 2.45) is 0 Å². The highest BCUT2D eigenvalue weighted by molar-refractivity contribution is 5.97. The monoisotopic (exact) mass is 398 g/mol. The predicted molar refractivity (Wildman–Crippen MR) is 116 cm³/mol. The summed E-state index contributed by atoms with van der Waals surface area (Å²) in [5.74, 6) is 0.0398. The van der Waals surface area contributed by atoms with Gasteiger partial charge in [0.2, 0.25) is 0 Å². The van der Waals surface area contributed by atoms with Crippen molar-refractivity contribution >= 4 is 16.9 Å². The summed E-state index contributed by atoms with van der Waals surface area (Å²) >= 11 is 0. The molecule has 150 valence electrons. The molecule has 0 saturated carbocycles. The second kappa shape index (κ2) is 7.72. The number of pyridine rings is 1. The third kappa shape index (κ3) is 3.46. The van der Waals surface area contributed by atoms with Gasteiger partial charge < -0.3 is 9.64 Å². The van der Waals surface area contributed by atoms with E-state index in [-0.39, 0.29) is 5.91 Å². The van der Waals surface area contributed by atoms with E-state index in [0.717, 1.165) is 33.4 Å². The van der Waals surface area contributed by atoms with Crippen LogP contribution in [-0.4, -0.2) is 52.3 Å². The molecule has 2 aromatic heterocycles. The Hall–Kier alpha value is -3.51. The lowest BCUT2D eigenvalue weighted by Gasteiger charge is -2.27. The molecule has 0 atom stereocenters. The SMILES string of the molecule is Cc1cccc(-c2n[nH]c3ncc(-c4cccc(C(=O)N5CCOCC5)c4)cc23)c1. The summed E-state index contributed by atoms with van der Waals surface area (Å²) in [6.07, 6.45) is 1.82. The number of hydrogen-bond donors (Lipinski definition) is 1. The molecule has 0 aliphatic carbocycles. The van der Waals surface area contributed by atoms with Gasteiger partial charge in [-0.25, -0.2) is 4.98 Å². The lowest BCUT2D eigenvalue weighted by Crippen LogP contribution is -2.40. The topological polar surface area (TPSA) is 71.1 Å². The molecule has 1 N–H and O–H groups in total. The summed E-state index contributed by atoms with van der Waals surface area (Å²) in [4.78, 5) is 19.3. The number of carbonyl (C=O) groups excluding carboxylic acids is 1. The largest absolute Gasteiger partial charge is 0.378 e. The van der Waals surface area contributed by atoms with Gasteiger partial charge in [0.25, 0.3) is 5.91 Å². The number of aromatic nitrogens is 3. The number of nitrogens with zero attached hydrogens (tertiary/aromatic N) is 3. The second-order valence-electron chi connectivity index (χ2n) is 7.55. The Morgan fingerprint density at radius 3 is 2.63 bits per heavy atom. The van der Waals surface area contributed by atoms with E-state index in [1.807, 2.05) is 41.4 Å². The molecule has 30 heavy (non-hydrogen) atoms. The number of aromatic amines is 1. The molecule has 1 amide bonds. The third-order valence-electron chi connectivity index (χ3n) is 5.45. The molecule has 0 spiro atoms. The van der Waals surface area contributed by atoms with Crippen LogP contribution in [0, 0.1) is 6.92 Å². The van der Waals surface area contributed by atoms with Crippen LogP contribution in [0.3, 0.4) is 0 Å². The van der Waals surface area contributed by atoms with Crippen molar-refractivity contribution in [2.45, 2.75) is 6.92 Å². The predicted octanol–water partition coefficient (Wildman–Crippen LogP) is 4.07. The normalized spacial score (nSPS) is 14.2. The van der Waals surface area contributed by atoms with Crippen molar-refractivity contribution in [3.05, 3.63) is 71.9 Å². The number of H-pyrrole nitrogens is 1. The Morgan fingerprint density at radius 2 is 1.80 bits per heavy atom. The summed E-state index contributed by atoms with van der Waals surface area (Å²) in [7, 11) is 0. The van der Waals surface area contributed by atoms with Gasteiger partial charge in [0.15, 0.2) is 5.65 Å². The minimum atomic E-state index is 0.0398.